The highest BCUT2D eigenvalue weighted by Gasteiger charge is 2.07. The van der Waals surface area contributed by atoms with Crippen molar-refractivity contribution in [3.8, 4) is 11.5 Å². The predicted molar refractivity (Wildman–Crippen MR) is 117 cm³/mol. The van der Waals surface area contributed by atoms with Gasteiger partial charge in [-0.2, -0.15) is 0 Å². The van der Waals surface area contributed by atoms with Crippen LogP contribution in [0.2, 0.25) is 0 Å². The minimum Gasteiger partial charge on any atom is -0.497 e. The molecule has 2 aromatic carbocycles. The van der Waals surface area contributed by atoms with Gasteiger partial charge in [-0.3, -0.25) is 0 Å². The summed E-state index contributed by atoms with van der Waals surface area (Å²) in [5.74, 6) is 4.05. The summed E-state index contributed by atoms with van der Waals surface area (Å²) in [5.41, 5.74) is 2.19. The first kappa shape index (κ1) is 21.2. The fraction of sp³-hybridized carbons (Fsp3) is 0.318. The van der Waals surface area contributed by atoms with Crippen LogP contribution in [0.1, 0.15) is 22.8 Å². The van der Waals surface area contributed by atoms with Crippen molar-refractivity contribution < 1.29 is 9.47 Å². The van der Waals surface area contributed by atoms with E-state index in [0.29, 0.717) is 25.6 Å². The first-order valence-electron chi connectivity index (χ1n) is 9.72. The Morgan fingerprint density at radius 2 is 1.67 bits per heavy atom. The summed E-state index contributed by atoms with van der Waals surface area (Å²) in [6.07, 6.45) is 0. The monoisotopic (exact) mass is 408 g/mol. The quantitative estimate of drug-likeness (QED) is 0.440. The van der Waals surface area contributed by atoms with Crippen molar-refractivity contribution in [2.45, 2.75) is 26.6 Å². The normalized spacial score (nSPS) is 11.3. The van der Waals surface area contributed by atoms with E-state index in [2.05, 4.69) is 20.8 Å². The molecule has 1 heterocycles. The van der Waals surface area contributed by atoms with Crippen LogP contribution in [0.25, 0.3) is 0 Å². The Hall–Kier alpha value is -3.55. The molecule has 3 aromatic rings. The number of nitrogens with zero attached hydrogens (tertiary/aromatic N) is 4. The highest BCUT2D eigenvalue weighted by atomic mass is 16.5. The smallest absolute Gasteiger partial charge is 0.192 e. The van der Waals surface area contributed by atoms with E-state index in [-0.39, 0.29) is 0 Å². The molecular formula is C22H28N6O2. The number of ether oxygens (including phenoxy) is 2. The maximum atomic E-state index is 5.30. The van der Waals surface area contributed by atoms with Crippen LogP contribution in [-0.4, -0.2) is 34.9 Å². The second-order valence-electron chi connectivity index (χ2n) is 6.79. The Kier molecular flexibility index (Phi) is 7.26. The van der Waals surface area contributed by atoms with Gasteiger partial charge in [0.2, 0.25) is 0 Å². The molecule has 0 unspecified atom stereocenters. The van der Waals surface area contributed by atoms with Crippen LogP contribution in [0.4, 0.5) is 0 Å². The molecule has 0 amide bonds. The number of hydrogen-bond donors (Lipinski definition) is 2. The Balaban J connectivity index is 1.69. The Morgan fingerprint density at radius 1 is 0.933 bits per heavy atom. The summed E-state index contributed by atoms with van der Waals surface area (Å²) < 4.78 is 12.5. The third kappa shape index (κ3) is 5.73. The summed E-state index contributed by atoms with van der Waals surface area (Å²) in [5, 5.41) is 15.0. The highest BCUT2D eigenvalue weighted by molar-refractivity contribution is 5.79. The maximum absolute atomic E-state index is 5.30. The second kappa shape index (κ2) is 10.3. The molecule has 8 heteroatoms. The van der Waals surface area contributed by atoms with Gasteiger partial charge in [0, 0.05) is 13.6 Å². The Morgan fingerprint density at radius 3 is 2.33 bits per heavy atom. The lowest BCUT2D eigenvalue weighted by molar-refractivity contribution is 0.414. The largest absolute Gasteiger partial charge is 0.497 e. The molecule has 0 aliphatic rings. The van der Waals surface area contributed by atoms with Gasteiger partial charge in [-0.25, -0.2) is 4.99 Å². The fourth-order valence-corrected chi connectivity index (χ4v) is 2.81. The SMILES string of the molecule is COc1ccc(CNC(=NCc2cccc(OC)c2)NCc2nnc(C)n2C)cc1. The van der Waals surface area contributed by atoms with Crippen molar-refractivity contribution >= 4 is 5.96 Å². The molecule has 0 aliphatic heterocycles. The number of aryl methyl sites for hydroxylation is 1. The van der Waals surface area contributed by atoms with Gasteiger partial charge in [0.25, 0.3) is 0 Å². The zero-order valence-corrected chi connectivity index (χ0v) is 17.8. The van der Waals surface area contributed by atoms with Crippen molar-refractivity contribution in [3.63, 3.8) is 0 Å². The van der Waals surface area contributed by atoms with Gasteiger partial charge in [-0.1, -0.05) is 24.3 Å². The summed E-state index contributed by atoms with van der Waals surface area (Å²) in [7, 11) is 5.27. The van der Waals surface area contributed by atoms with Crippen LogP contribution >= 0.6 is 0 Å². The average Bonchev–Trinajstić information content (AvgIpc) is 3.11. The summed E-state index contributed by atoms with van der Waals surface area (Å²) >= 11 is 0. The summed E-state index contributed by atoms with van der Waals surface area (Å²) in [4.78, 5) is 4.73. The molecule has 0 saturated carbocycles. The number of nitrogens with one attached hydrogen (secondary N) is 2. The molecule has 0 radical (unpaired) electrons. The van der Waals surface area contributed by atoms with Crippen LogP contribution < -0.4 is 20.1 Å². The summed E-state index contributed by atoms with van der Waals surface area (Å²) in [6, 6.07) is 15.8. The van der Waals surface area contributed by atoms with E-state index in [1.54, 1.807) is 14.2 Å². The molecule has 0 fully saturated rings. The lowest BCUT2D eigenvalue weighted by Crippen LogP contribution is -2.37. The molecular weight excluding hydrogens is 380 g/mol. The fourth-order valence-electron chi connectivity index (χ4n) is 2.81. The molecule has 3 rings (SSSR count). The van der Waals surface area contributed by atoms with E-state index in [9.17, 15) is 0 Å². The second-order valence-corrected chi connectivity index (χ2v) is 6.79. The first-order chi connectivity index (χ1) is 14.6. The number of guanidine groups is 1. The Labute approximate surface area is 177 Å². The molecule has 0 aliphatic carbocycles. The molecule has 0 spiro atoms. The van der Waals surface area contributed by atoms with Gasteiger partial charge < -0.3 is 24.7 Å². The molecule has 30 heavy (non-hydrogen) atoms. The number of hydrogen-bond acceptors (Lipinski definition) is 5. The van der Waals surface area contributed by atoms with Crippen molar-refractivity contribution in [1.82, 2.24) is 25.4 Å². The van der Waals surface area contributed by atoms with Crippen LogP contribution in [0.3, 0.4) is 0 Å². The minimum atomic E-state index is 0.518. The minimum absolute atomic E-state index is 0.518. The zero-order valence-electron chi connectivity index (χ0n) is 17.8. The van der Waals surface area contributed by atoms with E-state index in [1.165, 1.54) is 0 Å². The lowest BCUT2D eigenvalue weighted by Gasteiger charge is -2.13. The van der Waals surface area contributed by atoms with Crippen molar-refractivity contribution in [2.24, 2.45) is 12.0 Å². The van der Waals surface area contributed by atoms with Gasteiger partial charge in [-0.05, 0) is 42.3 Å². The van der Waals surface area contributed by atoms with Crippen molar-refractivity contribution in [3.05, 3.63) is 71.3 Å². The molecule has 0 bridgehead atoms. The molecule has 0 saturated heterocycles. The van der Waals surface area contributed by atoms with Crippen molar-refractivity contribution in [1.29, 1.82) is 0 Å². The van der Waals surface area contributed by atoms with Gasteiger partial charge in [0.15, 0.2) is 11.8 Å². The molecule has 8 nitrogen and oxygen atoms in total. The van der Waals surface area contributed by atoms with E-state index >= 15 is 0 Å². The number of benzene rings is 2. The standard InChI is InChI=1S/C22H28N6O2/c1-16-26-27-21(28(16)2)15-25-22(23-13-17-8-10-19(29-3)11-9-17)24-14-18-6-5-7-20(12-18)30-4/h5-12H,13-15H2,1-4H3,(H2,23,24,25). The van der Waals surface area contributed by atoms with Crippen LogP contribution in [0.5, 0.6) is 11.5 Å². The van der Waals surface area contributed by atoms with Crippen LogP contribution in [0, 0.1) is 6.92 Å². The van der Waals surface area contributed by atoms with Gasteiger partial charge in [0.1, 0.15) is 17.3 Å². The van der Waals surface area contributed by atoms with E-state index in [1.807, 2.05) is 67.1 Å². The maximum Gasteiger partial charge on any atom is 0.192 e. The number of rotatable bonds is 8. The van der Waals surface area contributed by atoms with Gasteiger partial charge >= 0.3 is 0 Å². The molecule has 2 N–H and O–H groups in total. The van der Waals surface area contributed by atoms with Crippen LogP contribution in [0.15, 0.2) is 53.5 Å². The summed E-state index contributed by atoms with van der Waals surface area (Å²) in [6.45, 7) is 3.60. The number of aromatic nitrogens is 3. The zero-order chi connectivity index (χ0) is 21.3. The Bertz CT molecular complexity index is 982. The van der Waals surface area contributed by atoms with E-state index in [0.717, 1.165) is 34.3 Å². The van der Waals surface area contributed by atoms with E-state index in [4.69, 9.17) is 14.5 Å². The molecule has 1 aromatic heterocycles. The third-order valence-corrected chi connectivity index (χ3v) is 4.77. The third-order valence-electron chi connectivity index (χ3n) is 4.77. The van der Waals surface area contributed by atoms with E-state index < -0.39 is 0 Å². The van der Waals surface area contributed by atoms with Crippen LogP contribution in [-0.2, 0) is 26.7 Å². The highest BCUT2D eigenvalue weighted by Crippen LogP contribution is 2.13. The van der Waals surface area contributed by atoms with Gasteiger partial charge in [-0.15, -0.1) is 10.2 Å². The van der Waals surface area contributed by atoms with Gasteiger partial charge in [0.05, 0.1) is 27.3 Å². The average molecular weight is 409 g/mol. The topological polar surface area (TPSA) is 85.6 Å². The first-order valence-corrected chi connectivity index (χ1v) is 9.72. The number of methoxy groups -OCH3 is 2. The molecule has 0 atom stereocenters. The predicted octanol–water partition coefficient (Wildman–Crippen LogP) is 2.58. The lowest BCUT2D eigenvalue weighted by atomic mass is 10.2. The van der Waals surface area contributed by atoms with Crippen molar-refractivity contribution in [2.75, 3.05) is 14.2 Å². The number of aliphatic imine (C=N–C) groups is 1. The molecule has 158 valence electrons.